The van der Waals surface area contributed by atoms with Gasteiger partial charge in [-0.1, -0.05) is 15.9 Å². The van der Waals surface area contributed by atoms with E-state index in [-0.39, 0.29) is 35.0 Å². The molecule has 9 nitrogen and oxygen atoms in total. The van der Waals surface area contributed by atoms with Crippen molar-refractivity contribution in [2.24, 2.45) is 0 Å². The molecule has 2 aromatic rings. The van der Waals surface area contributed by atoms with Gasteiger partial charge in [-0.25, -0.2) is 17.9 Å². The molecular formula is C22H23BrN2O7S. The largest absolute Gasteiger partial charge is 0.465 e. The average Bonchev–Trinajstić information content (AvgIpc) is 3.33. The molecule has 2 heterocycles. The molecule has 0 aliphatic carbocycles. The van der Waals surface area contributed by atoms with Gasteiger partial charge in [-0.05, 0) is 49.4 Å². The summed E-state index contributed by atoms with van der Waals surface area (Å²) in [4.78, 5) is 26.8. The standard InChI is InChI=1S/C22H23BrN2O7S/c1-14-20(22(27)31-3)19(21(26)25(14)10-11-30-2)12-16-6-7-17(32-16)13-24-33(28,29)18-8-4-15(23)5-9-18/h4-9,12,24H,10-11,13H2,1-3H3/b19-12+. The molecule has 0 fully saturated rings. The number of allylic oxidation sites excluding steroid dienone is 1. The molecule has 0 radical (unpaired) electrons. The van der Waals surface area contributed by atoms with E-state index in [1.807, 2.05) is 0 Å². The maximum absolute atomic E-state index is 12.9. The second-order valence-electron chi connectivity index (χ2n) is 7.04. The van der Waals surface area contributed by atoms with Gasteiger partial charge >= 0.3 is 5.97 Å². The van der Waals surface area contributed by atoms with Crippen LogP contribution in [0.4, 0.5) is 0 Å². The second-order valence-corrected chi connectivity index (χ2v) is 9.72. The number of benzene rings is 1. The predicted octanol–water partition coefficient (Wildman–Crippen LogP) is 2.84. The fourth-order valence-electron chi connectivity index (χ4n) is 3.25. The third kappa shape index (κ3) is 5.61. The Kier molecular flexibility index (Phi) is 7.90. The topological polar surface area (TPSA) is 115 Å². The highest BCUT2D eigenvalue weighted by molar-refractivity contribution is 9.10. The summed E-state index contributed by atoms with van der Waals surface area (Å²) >= 11 is 3.27. The maximum atomic E-state index is 12.9. The van der Waals surface area contributed by atoms with E-state index in [1.165, 1.54) is 37.3 Å². The number of hydrogen-bond donors (Lipinski definition) is 1. The lowest BCUT2D eigenvalue weighted by Crippen LogP contribution is -2.28. The number of sulfonamides is 1. The minimum atomic E-state index is -3.73. The van der Waals surface area contributed by atoms with Gasteiger partial charge in [0.1, 0.15) is 11.5 Å². The van der Waals surface area contributed by atoms with Crippen LogP contribution in [0.25, 0.3) is 6.08 Å². The van der Waals surface area contributed by atoms with E-state index in [2.05, 4.69) is 20.7 Å². The Bertz CT molecular complexity index is 1210. The van der Waals surface area contributed by atoms with Crippen LogP contribution < -0.4 is 4.72 Å². The zero-order chi connectivity index (χ0) is 24.2. The molecule has 0 unspecified atom stereocenters. The fraction of sp³-hybridized carbons (Fsp3) is 0.273. The van der Waals surface area contributed by atoms with Crippen molar-refractivity contribution in [1.82, 2.24) is 9.62 Å². The Hall–Kier alpha value is -2.73. The van der Waals surface area contributed by atoms with Gasteiger partial charge in [0, 0.05) is 23.8 Å². The molecule has 0 saturated carbocycles. The molecule has 1 amide bonds. The van der Waals surface area contributed by atoms with Gasteiger partial charge < -0.3 is 18.8 Å². The number of nitrogens with one attached hydrogen (secondary N) is 1. The van der Waals surface area contributed by atoms with E-state index < -0.39 is 16.0 Å². The normalized spacial score (nSPS) is 15.6. The van der Waals surface area contributed by atoms with E-state index in [4.69, 9.17) is 13.9 Å². The predicted molar refractivity (Wildman–Crippen MR) is 123 cm³/mol. The highest BCUT2D eigenvalue weighted by Crippen LogP contribution is 2.31. The number of amides is 1. The average molecular weight is 539 g/mol. The Morgan fingerprint density at radius 2 is 1.88 bits per heavy atom. The Morgan fingerprint density at radius 3 is 2.52 bits per heavy atom. The van der Waals surface area contributed by atoms with Gasteiger partial charge in [0.15, 0.2) is 0 Å². The summed E-state index contributed by atoms with van der Waals surface area (Å²) in [5.74, 6) is -0.386. The van der Waals surface area contributed by atoms with Crippen LogP contribution in [0.5, 0.6) is 0 Å². The summed E-state index contributed by atoms with van der Waals surface area (Å²) in [7, 11) is -0.970. The third-order valence-electron chi connectivity index (χ3n) is 4.95. The molecule has 33 heavy (non-hydrogen) atoms. The van der Waals surface area contributed by atoms with Crippen LogP contribution in [0.2, 0.25) is 0 Å². The minimum absolute atomic E-state index is 0.0891. The molecule has 1 aromatic heterocycles. The highest BCUT2D eigenvalue weighted by atomic mass is 79.9. The van der Waals surface area contributed by atoms with Gasteiger partial charge in [0.2, 0.25) is 10.0 Å². The fourth-order valence-corrected chi connectivity index (χ4v) is 4.51. The molecule has 1 aliphatic rings. The van der Waals surface area contributed by atoms with Gasteiger partial charge in [-0.15, -0.1) is 0 Å². The zero-order valence-corrected chi connectivity index (χ0v) is 20.7. The smallest absolute Gasteiger partial charge is 0.340 e. The second kappa shape index (κ2) is 10.5. The lowest BCUT2D eigenvalue weighted by atomic mass is 10.1. The number of hydrogen-bond acceptors (Lipinski definition) is 7. The van der Waals surface area contributed by atoms with Crippen LogP contribution in [0.3, 0.4) is 0 Å². The number of methoxy groups -OCH3 is 2. The van der Waals surface area contributed by atoms with Crippen LogP contribution >= 0.6 is 15.9 Å². The molecule has 0 saturated heterocycles. The van der Waals surface area contributed by atoms with Crippen LogP contribution in [-0.2, 0) is 35.6 Å². The first-order chi connectivity index (χ1) is 15.7. The van der Waals surface area contributed by atoms with Crippen LogP contribution in [-0.4, -0.2) is 52.6 Å². The molecule has 1 N–H and O–H groups in total. The summed E-state index contributed by atoms with van der Waals surface area (Å²) in [5.41, 5.74) is 0.739. The SMILES string of the molecule is COCCN1C(=O)/C(=C/c2ccc(CNS(=O)(=O)c3ccc(Br)cc3)o2)C(C(=O)OC)=C1C. The molecular weight excluding hydrogens is 516 g/mol. The number of esters is 1. The number of halogens is 1. The molecule has 0 bridgehead atoms. The molecule has 1 aliphatic heterocycles. The minimum Gasteiger partial charge on any atom is -0.465 e. The van der Waals surface area contributed by atoms with Crippen molar-refractivity contribution >= 4 is 43.9 Å². The van der Waals surface area contributed by atoms with Crippen LogP contribution in [0.1, 0.15) is 18.4 Å². The van der Waals surface area contributed by atoms with E-state index in [1.54, 1.807) is 31.2 Å². The van der Waals surface area contributed by atoms with E-state index in [0.717, 1.165) is 4.47 Å². The Balaban J connectivity index is 1.80. The molecule has 0 atom stereocenters. The summed E-state index contributed by atoms with van der Waals surface area (Å²) in [6, 6.07) is 9.41. The van der Waals surface area contributed by atoms with Crippen molar-refractivity contribution in [3.05, 3.63) is 69.2 Å². The highest BCUT2D eigenvalue weighted by Gasteiger charge is 2.37. The summed E-state index contributed by atoms with van der Waals surface area (Å²) in [6.07, 6.45) is 1.44. The van der Waals surface area contributed by atoms with E-state index in [9.17, 15) is 18.0 Å². The summed E-state index contributed by atoms with van der Waals surface area (Å²) in [6.45, 7) is 2.15. The lowest BCUT2D eigenvalue weighted by molar-refractivity contribution is -0.136. The van der Waals surface area contributed by atoms with Crippen LogP contribution in [0.15, 0.2) is 67.0 Å². The van der Waals surface area contributed by atoms with Crippen molar-refractivity contribution in [1.29, 1.82) is 0 Å². The first-order valence-corrected chi connectivity index (χ1v) is 12.1. The first kappa shape index (κ1) is 24.9. The number of carbonyl (C=O) groups is 2. The first-order valence-electron chi connectivity index (χ1n) is 9.84. The maximum Gasteiger partial charge on any atom is 0.340 e. The van der Waals surface area contributed by atoms with Crippen molar-refractivity contribution in [2.45, 2.75) is 18.4 Å². The van der Waals surface area contributed by atoms with Crippen molar-refractivity contribution in [2.75, 3.05) is 27.4 Å². The number of furan rings is 1. The summed E-state index contributed by atoms with van der Waals surface area (Å²) < 4.78 is 43.7. The van der Waals surface area contributed by atoms with Crippen molar-refractivity contribution in [3.63, 3.8) is 0 Å². The Labute approximate surface area is 200 Å². The van der Waals surface area contributed by atoms with Crippen molar-refractivity contribution < 1.29 is 31.9 Å². The van der Waals surface area contributed by atoms with Crippen LogP contribution in [0, 0.1) is 0 Å². The van der Waals surface area contributed by atoms with Crippen molar-refractivity contribution in [3.8, 4) is 0 Å². The van der Waals surface area contributed by atoms with Gasteiger partial charge in [-0.2, -0.15) is 0 Å². The molecule has 3 rings (SSSR count). The number of rotatable bonds is 9. The monoisotopic (exact) mass is 538 g/mol. The summed E-state index contributed by atoms with van der Waals surface area (Å²) in [5, 5.41) is 0. The third-order valence-corrected chi connectivity index (χ3v) is 6.90. The zero-order valence-electron chi connectivity index (χ0n) is 18.3. The number of nitrogens with zero attached hydrogens (tertiary/aromatic N) is 1. The quantitative estimate of drug-likeness (QED) is 0.385. The Morgan fingerprint density at radius 1 is 1.18 bits per heavy atom. The number of carbonyl (C=O) groups excluding carboxylic acids is 2. The lowest BCUT2D eigenvalue weighted by Gasteiger charge is -2.16. The van der Waals surface area contributed by atoms with Gasteiger partial charge in [0.25, 0.3) is 5.91 Å². The van der Waals surface area contributed by atoms with Gasteiger partial charge in [-0.3, -0.25) is 4.79 Å². The van der Waals surface area contributed by atoms with E-state index in [0.29, 0.717) is 23.8 Å². The van der Waals surface area contributed by atoms with E-state index >= 15 is 0 Å². The number of ether oxygens (including phenoxy) is 2. The molecule has 1 aromatic carbocycles. The molecule has 0 spiro atoms. The molecule has 11 heteroatoms. The van der Waals surface area contributed by atoms with Gasteiger partial charge in [0.05, 0.1) is 36.3 Å². The molecule has 176 valence electrons.